The van der Waals surface area contributed by atoms with Crippen LogP contribution in [-0.4, -0.2) is 21.3 Å². The van der Waals surface area contributed by atoms with Gasteiger partial charge in [0.25, 0.3) is 5.91 Å². The molecule has 0 unspecified atom stereocenters. The molecule has 15 heavy (non-hydrogen) atoms. The summed E-state index contributed by atoms with van der Waals surface area (Å²) in [5.41, 5.74) is -0.104. The molecule has 1 aromatic heterocycles. The fraction of sp³-hybridized carbons (Fsp3) is 0.700. The largest absolute Gasteiger partial charge is 0.348 e. The molecule has 1 rings (SSSR count). The van der Waals surface area contributed by atoms with E-state index in [1.54, 1.807) is 0 Å². The van der Waals surface area contributed by atoms with Crippen molar-refractivity contribution in [2.75, 3.05) is 0 Å². The highest BCUT2D eigenvalue weighted by molar-refractivity contribution is 7.07. The first-order valence-electron chi connectivity index (χ1n) is 4.96. The van der Waals surface area contributed by atoms with E-state index in [4.69, 9.17) is 0 Å². The van der Waals surface area contributed by atoms with E-state index in [-0.39, 0.29) is 17.4 Å². The Morgan fingerprint density at radius 2 is 2.00 bits per heavy atom. The Hall–Kier alpha value is -0.970. The smallest absolute Gasteiger partial charge is 0.282 e. The molecule has 0 aliphatic heterocycles. The van der Waals surface area contributed by atoms with Crippen molar-refractivity contribution in [3.63, 3.8) is 0 Å². The Labute approximate surface area is 94.3 Å². The monoisotopic (exact) mass is 227 g/mol. The molecule has 4 nitrogen and oxygen atoms in total. The van der Waals surface area contributed by atoms with Gasteiger partial charge in [-0.3, -0.25) is 4.79 Å². The van der Waals surface area contributed by atoms with Crippen LogP contribution in [0.3, 0.4) is 0 Å². The SMILES string of the molecule is CC(C)NC(=O)c1nc(C(C)(C)C)ns1. The summed E-state index contributed by atoms with van der Waals surface area (Å²) in [6.07, 6.45) is 0. The zero-order valence-corrected chi connectivity index (χ0v) is 10.6. The summed E-state index contributed by atoms with van der Waals surface area (Å²) in [6.45, 7) is 9.92. The first-order chi connectivity index (χ1) is 6.80. The van der Waals surface area contributed by atoms with Gasteiger partial charge >= 0.3 is 0 Å². The van der Waals surface area contributed by atoms with E-state index in [1.165, 1.54) is 0 Å². The van der Waals surface area contributed by atoms with Crippen molar-refractivity contribution in [2.24, 2.45) is 0 Å². The lowest BCUT2D eigenvalue weighted by Gasteiger charge is -2.12. The molecule has 5 heteroatoms. The van der Waals surface area contributed by atoms with Crippen LogP contribution in [-0.2, 0) is 5.41 Å². The van der Waals surface area contributed by atoms with Crippen molar-refractivity contribution in [3.8, 4) is 0 Å². The van der Waals surface area contributed by atoms with Gasteiger partial charge in [0, 0.05) is 11.5 Å². The van der Waals surface area contributed by atoms with Crippen molar-refractivity contribution in [3.05, 3.63) is 10.8 Å². The molecule has 0 spiro atoms. The standard InChI is InChI=1S/C10H17N3OS/c1-6(2)11-7(14)8-12-9(13-15-8)10(3,4)5/h6H,1-5H3,(H,11,14). The molecule has 1 heterocycles. The first kappa shape index (κ1) is 12.1. The lowest BCUT2D eigenvalue weighted by atomic mass is 9.96. The van der Waals surface area contributed by atoms with Gasteiger partial charge in [-0.25, -0.2) is 4.98 Å². The Kier molecular flexibility index (Phi) is 3.44. The molecule has 1 amide bonds. The number of hydrogen-bond donors (Lipinski definition) is 1. The second kappa shape index (κ2) is 4.26. The molecule has 0 saturated carbocycles. The molecular weight excluding hydrogens is 210 g/mol. The van der Waals surface area contributed by atoms with E-state index in [2.05, 4.69) is 14.7 Å². The average molecular weight is 227 g/mol. The van der Waals surface area contributed by atoms with E-state index >= 15 is 0 Å². The fourth-order valence-corrected chi connectivity index (χ4v) is 1.70. The molecule has 0 aliphatic carbocycles. The van der Waals surface area contributed by atoms with Gasteiger partial charge in [-0.2, -0.15) is 4.37 Å². The van der Waals surface area contributed by atoms with Crippen molar-refractivity contribution in [1.82, 2.24) is 14.7 Å². The number of aromatic nitrogens is 2. The first-order valence-corrected chi connectivity index (χ1v) is 5.73. The molecule has 0 atom stereocenters. The molecule has 84 valence electrons. The minimum atomic E-state index is -0.141. The van der Waals surface area contributed by atoms with E-state index in [0.717, 1.165) is 17.4 Å². The van der Waals surface area contributed by atoms with Gasteiger partial charge in [0.05, 0.1) is 0 Å². The van der Waals surface area contributed by atoms with E-state index < -0.39 is 0 Å². The second-order valence-electron chi connectivity index (χ2n) is 4.80. The van der Waals surface area contributed by atoms with Crippen molar-refractivity contribution in [2.45, 2.75) is 46.1 Å². The molecule has 0 bridgehead atoms. The van der Waals surface area contributed by atoms with Gasteiger partial charge in [-0.05, 0) is 25.4 Å². The summed E-state index contributed by atoms with van der Waals surface area (Å²) >= 11 is 1.15. The number of rotatable bonds is 2. The third kappa shape index (κ3) is 3.27. The Bertz CT molecular complexity index is 352. The van der Waals surface area contributed by atoms with Crippen molar-refractivity contribution in [1.29, 1.82) is 0 Å². The molecule has 0 saturated heterocycles. The van der Waals surface area contributed by atoms with Gasteiger partial charge in [0.15, 0.2) is 0 Å². The number of nitrogens with zero attached hydrogens (tertiary/aromatic N) is 2. The van der Waals surface area contributed by atoms with Gasteiger partial charge in [0.2, 0.25) is 5.01 Å². The van der Waals surface area contributed by atoms with Gasteiger partial charge in [0.1, 0.15) is 5.82 Å². The average Bonchev–Trinajstić information content (AvgIpc) is 2.48. The predicted molar refractivity (Wildman–Crippen MR) is 61.2 cm³/mol. The van der Waals surface area contributed by atoms with Crippen LogP contribution in [0.25, 0.3) is 0 Å². The third-order valence-corrected chi connectivity index (χ3v) is 2.42. The van der Waals surface area contributed by atoms with Crippen LogP contribution in [0, 0.1) is 0 Å². The van der Waals surface area contributed by atoms with E-state index in [9.17, 15) is 4.79 Å². The predicted octanol–water partition coefficient (Wildman–Crippen LogP) is 1.97. The molecule has 1 aromatic rings. The summed E-state index contributed by atoms with van der Waals surface area (Å²) in [5, 5.41) is 3.23. The highest BCUT2D eigenvalue weighted by atomic mass is 32.1. The Morgan fingerprint density at radius 3 is 2.40 bits per heavy atom. The number of amides is 1. The maximum Gasteiger partial charge on any atom is 0.282 e. The number of nitrogens with one attached hydrogen (secondary N) is 1. The zero-order chi connectivity index (χ0) is 11.6. The van der Waals surface area contributed by atoms with Crippen LogP contribution in [0.2, 0.25) is 0 Å². The highest BCUT2D eigenvalue weighted by Crippen LogP contribution is 2.20. The summed E-state index contributed by atoms with van der Waals surface area (Å²) in [4.78, 5) is 15.8. The zero-order valence-electron chi connectivity index (χ0n) is 9.79. The third-order valence-electron chi connectivity index (χ3n) is 1.71. The Morgan fingerprint density at radius 1 is 1.40 bits per heavy atom. The molecule has 0 radical (unpaired) electrons. The summed E-state index contributed by atoms with van der Waals surface area (Å²) in [7, 11) is 0. The van der Waals surface area contributed by atoms with Crippen LogP contribution in [0.5, 0.6) is 0 Å². The van der Waals surface area contributed by atoms with Crippen molar-refractivity contribution < 1.29 is 4.79 Å². The van der Waals surface area contributed by atoms with Crippen LogP contribution >= 0.6 is 11.5 Å². The van der Waals surface area contributed by atoms with Gasteiger partial charge in [-0.1, -0.05) is 20.8 Å². The number of carbonyl (C=O) groups is 1. The minimum Gasteiger partial charge on any atom is -0.348 e. The summed E-state index contributed by atoms with van der Waals surface area (Å²) in [5.74, 6) is 0.583. The minimum absolute atomic E-state index is 0.104. The van der Waals surface area contributed by atoms with Crippen molar-refractivity contribution >= 4 is 17.4 Å². The van der Waals surface area contributed by atoms with E-state index in [1.807, 2.05) is 34.6 Å². The molecule has 0 aliphatic rings. The molecule has 0 fully saturated rings. The maximum absolute atomic E-state index is 11.6. The summed E-state index contributed by atoms with van der Waals surface area (Å²) < 4.78 is 4.19. The van der Waals surface area contributed by atoms with E-state index in [0.29, 0.717) is 5.01 Å². The Balaban J connectivity index is 2.81. The van der Waals surface area contributed by atoms with Gasteiger partial charge < -0.3 is 5.32 Å². The van der Waals surface area contributed by atoms with Crippen LogP contribution in [0.1, 0.15) is 50.2 Å². The second-order valence-corrected chi connectivity index (χ2v) is 5.55. The maximum atomic E-state index is 11.6. The summed E-state index contributed by atoms with van der Waals surface area (Å²) in [6, 6.07) is 0.125. The van der Waals surface area contributed by atoms with Gasteiger partial charge in [-0.15, -0.1) is 0 Å². The molecule has 1 N–H and O–H groups in total. The highest BCUT2D eigenvalue weighted by Gasteiger charge is 2.21. The topological polar surface area (TPSA) is 54.9 Å². The normalized spacial score (nSPS) is 11.9. The number of hydrogen-bond acceptors (Lipinski definition) is 4. The van der Waals surface area contributed by atoms with Crippen LogP contribution < -0.4 is 5.32 Å². The lowest BCUT2D eigenvalue weighted by molar-refractivity contribution is 0.0942. The molecular formula is C10H17N3OS. The fourth-order valence-electron chi connectivity index (χ4n) is 0.944. The number of carbonyl (C=O) groups excluding carboxylic acids is 1. The lowest BCUT2D eigenvalue weighted by Crippen LogP contribution is -2.30. The van der Waals surface area contributed by atoms with Crippen LogP contribution in [0.15, 0.2) is 0 Å². The molecule has 0 aromatic carbocycles. The van der Waals surface area contributed by atoms with Crippen LogP contribution in [0.4, 0.5) is 0 Å². The quantitative estimate of drug-likeness (QED) is 0.840.